The van der Waals surface area contributed by atoms with Crippen LogP contribution in [-0.4, -0.2) is 22.7 Å². The highest BCUT2D eigenvalue weighted by Crippen LogP contribution is 2.21. The highest BCUT2D eigenvalue weighted by atomic mass is 35.5. The van der Waals surface area contributed by atoms with Crippen LogP contribution in [0, 0.1) is 0 Å². The first-order valence-electron chi connectivity index (χ1n) is 6.05. The van der Waals surface area contributed by atoms with Crippen LogP contribution in [0.2, 0.25) is 5.02 Å². The Balaban J connectivity index is 2.41. The number of carbonyl (C=O) groups excluding carboxylic acids is 1. The number of amides is 1. The lowest BCUT2D eigenvalue weighted by Crippen LogP contribution is -2.30. The third kappa shape index (κ3) is 4.29. The molecule has 0 aromatic heterocycles. The van der Waals surface area contributed by atoms with Crippen LogP contribution in [0.5, 0.6) is 0 Å². The Morgan fingerprint density at radius 1 is 0.957 bits per heavy atom. The molecule has 2 aromatic carbocycles. The Morgan fingerprint density at radius 2 is 1.52 bits per heavy atom. The fourth-order valence-electron chi connectivity index (χ4n) is 1.69. The molecule has 7 nitrogen and oxygen atoms in total. The quantitative estimate of drug-likeness (QED) is 0.829. The minimum absolute atomic E-state index is 0.129. The number of hydrogen-bond acceptors (Lipinski definition) is 5. The molecule has 0 aliphatic heterocycles. The summed E-state index contributed by atoms with van der Waals surface area (Å²) in [6.07, 6.45) is 0. The van der Waals surface area contributed by atoms with Gasteiger partial charge in [-0.2, -0.15) is 0 Å². The molecule has 122 valence electrons. The van der Waals surface area contributed by atoms with Gasteiger partial charge < -0.3 is 0 Å². The van der Waals surface area contributed by atoms with Crippen molar-refractivity contribution >= 4 is 37.6 Å². The lowest BCUT2D eigenvalue weighted by atomic mass is 10.2. The van der Waals surface area contributed by atoms with Crippen molar-refractivity contribution in [3.05, 3.63) is 59.1 Å². The van der Waals surface area contributed by atoms with Gasteiger partial charge in [0, 0.05) is 10.6 Å². The van der Waals surface area contributed by atoms with Crippen molar-refractivity contribution in [3.63, 3.8) is 0 Å². The van der Waals surface area contributed by atoms with E-state index < -0.39 is 35.7 Å². The number of sulfonamides is 2. The molecule has 2 aromatic rings. The predicted molar refractivity (Wildman–Crippen MR) is 83.9 cm³/mol. The monoisotopic (exact) mass is 374 g/mol. The topological polar surface area (TPSA) is 123 Å². The molecule has 0 saturated carbocycles. The summed E-state index contributed by atoms with van der Waals surface area (Å²) in [5, 5.41) is 4.81. The van der Waals surface area contributed by atoms with Gasteiger partial charge in [-0.05, 0) is 30.3 Å². The lowest BCUT2D eigenvalue weighted by Gasteiger charge is -2.09. The molecule has 23 heavy (non-hydrogen) atoms. The molecule has 0 spiro atoms. The van der Waals surface area contributed by atoms with Crippen molar-refractivity contribution in [2.45, 2.75) is 9.79 Å². The predicted octanol–water partition coefficient (Wildman–Crippen LogP) is 1.11. The fourth-order valence-corrected chi connectivity index (χ4v) is 3.75. The van der Waals surface area contributed by atoms with Crippen LogP contribution < -0.4 is 9.86 Å². The van der Waals surface area contributed by atoms with Crippen LogP contribution >= 0.6 is 11.6 Å². The van der Waals surface area contributed by atoms with Crippen LogP contribution in [0.15, 0.2) is 58.3 Å². The van der Waals surface area contributed by atoms with Gasteiger partial charge in [0.2, 0.25) is 10.0 Å². The zero-order chi connectivity index (χ0) is 17.3. The molecule has 0 unspecified atom stereocenters. The largest absolute Gasteiger partial charge is 0.268 e. The molecule has 1 amide bonds. The molecule has 0 heterocycles. The van der Waals surface area contributed by atoms with Crippen molar-refractivity contribution in [1.82, 2.24) is 4.72 Å². The first-order chi connectivity index (χ1) is 10.6. The van der Waals surface area contributed by atoms with Crippen molar-refractivity contribution in [1.29, 1.82) is 0 Å². The van der Waals surface area contributed by atoms with Gasteiger partial charge in [-0.15, -0.1) is 0 Å². The molecule has 3 N–H and O–H groups in total. The summed E-state index contributed by atoms with van der Waals surface area (Å²) in [7, 11) is -8.47. The molecule has 0 bridgehead atoms. The lowest BCUT2D eigenvalue weighted by molar-refractivity contribution is 0.0981. The van der Waals surface area contributed by atoms with Gasteiger partial charge in [0.15, 0.2) is 0 Å². The van der Waals surface area contributed by atoms with E-state index in [0.717, 1.165) is 18.2 Å². The second-order valence-corrected chi connectivity index (χ2v) is 8.15. The zero-order valence-electron chi connectivity index (χ0n) is 11.4. The Kier molecular flexibility index (Phi) is 4.76. The molecule has 0 fully saturated rings. The first-order valence-corrected chi connectivity index (χ1v) is 9.46. The summed E-state index contributed by atoms with van der Waals surface area (Å²) in [6, 6.07) is 10.5. The van der Waals surface area contributed by atoms with E-state index in [0.29, 0.717) is 0 Å². The molecular formula is C13H11ClN2O5S2. The van der Waals surface area contributed by atoms with Crippen LogP contribution in [0.4, 0.5) is 0 Å². The van der Waals surface area contributed by atoms with E-state index in [2.05, 4.69) is 0 Å². The van der Waals surface area contributed by atoms with Gasteiger partial charge in [-0.1, -0.05) is 29.8 Å². The maximum atomic E-state index is 12.2. The van der Waals surface area contributed by atoms with E-state index >= 15 is 0 Å². The van der Waals surface area contributed by atoms with Gasteiger partial charge in [-0.25, -0.2) is 26.7 Å². The molecule has 0 radical (unpaired) electrons. The molecule has 0 aliphatic carbocycles. The summed E-state index contributed by atoms with van der Waals surface area (Å²) in [4.78, 5) is 11.0. The van der Waals surface area contributed by atoms with Gasteiger partial charge >= 0.3 is 0 Å². The van der Waals surface area contributed by atoms with E-state index in [1.807, 2.05) is 4.72 Å². The average molecular weight is 375 g/mol. The maximum Gasteiger partial charge on any atom is 0.264 e. The Labute approximate surface area is 138 Å². The molecule has 0 saturated heterocycles. The number of carbonyl (C=O) groups is 1. The second-order valence-electron chi connectivity index (χ2n) is 4.47. The number of nitrogens with one attached hydrogen (secondary N) is 1. The summed E-state index contributed by atoms with van der Waals surface area (Å²) in [5.41, 5.74) is 0.129. The van der Waals surface area contributed by atoms with E-state index in [9.17, 15) is 21.6 Å². The van der Waals surface area contributed by atoms with Crippen LogP contribution in [-0.2, 0) is 20.0 Å². The molecule has 2 rings (SSSR count). The minimum Gasteiger partial charge on any atom is -0.268 e. The molecule has 0 atom stereocenters. The number of rotatable bonds is 4. The van der Waals surface area contributed by atoms with Crippen LogP contribution in [0.1, 0.15) is 10.4 Å². The van der Waals surface area contributed by atoms with Crippen molar-refractivity contribution < 1.29 is 21.6 Å². The van der Waals surface area contributed by atoms with E-state index in [4.69, 9.17) is 16.7 Å². The Hall–Kier alpha value is -1.94. The van der Waals surface area contributed by atoms with Crippen LogP contribution in [0.3, 0.4) is 0 Å². The fraction of sp³-hybridized carbons (Fsp3) is 0. The Bertz CT molecular complexity index is 957. The van der Waals surface area contributed by atoms with Crippen molar-refractivity contribution in [2.24, 2.45) is 5.14 Å². The van der Waals surface area contributed by atoms with Gasteiger partial charge in [0.25, 0.3) is 15.9 Å². The highest BCUT2D eigenvalue weighted by Gasteiger charge is 2.22. The number of benzene rings is 2. The van der Waals surface area contributed by atoms with Crippen molar-refractivity contribution in [2.75, 3.05) is 0 Å². The zero-order valence-corrected chi connectivity index (χ0v) is 13.8. The third-order valence-corrected chi connectivity index (χ3v) is 5.17. The first kappa shape index (κ1) is 17.4. The molecule has 10 heteroatoms. The molecular weight excluding hydrogens is 364 g/mol. The Morgan fingerprint density at radius 3 is 2.09 bits per heavy atom. The number of primary sulfonamides is 1. The number of hydrogen-bond donors (Lipinski definition) is 2. The van der Waals surface area contributed by atoms with E-state index in [1.165, 1.54) is 12.1 Å². The number of halogens is 1. The van der Waals surface area contributed by atoms with Gasteiger partial charge in [0.05, 0.1) is 9.79 Å². The second kappa shape index (κ2) is 6.28. The summed E-state index contributed by atoms with van der Waals surface area (Å²) in [5.74, 6) is -0.859. The smallest absolute Gasteiger partial charge is 0.264 e. The summed E-state index contributed by atoms with van der Waals surface area (Å²) in [6.45, 7) is 0. The number of nitrogens with two attached hydrogens (primary N) is 1. The SMILES string of the molecule is NS(=O)(=O)c1cc(Cl)cc(S(=O)(=O)NC(=O)c2ccccc2)c1. The maximum absolute atomic E-state index is 12.2. The average Bonchev–Trinajstić information content (AvgIpc) is 2.46. The van der Waals surface area contributed by atoms with E-state index in [1.54, 1.807) is 18.2 Å². The standard InChI is InChI=1S/C13H11ClN2O5S2/c14-10-6-11(22(15,18)19)8-12(7-10)23(20,21)16-13(17)9-4-2-1-3-5-9/h1-8H,(H,16,17)(H2,15,18,19). The molecule has 0 aliphatic rings. The highest BCUT2D eigenvalue weighted by molar-refractivity contribution is 7.90. The van der Waals surface area contributed by atoms with E-state index in [-0.39, 0.29) is 10.6 Å². The minimum atomic E-state index is -4.32. The van der Waals surface area contributed by atoms with Gasteiger partial charge in [0.1, 0.15) is 0 Å². The van der Waals surface area contributed by atoms with Gasteiger partial charge in [-0.3, -0.25) is 4.79 Å². The summed E-state index contributed by atoms with van der Waals surface area (Å²) >= 11 is 5.72. The van der Waals surface area contributed by atoms with Crippen molar-refractivity contribution in [3.8, 4) is 0 Å². The normalized spacial score (nSPS) is 11.9. The third-order valence-electron chi connectivity index (χ3n) is 2.75. The summed E-state index contributed by atoms with van der Waals surface area (Å²) < 4.78 is 49.0. The van der Waals surface area contributed by atoms with Crippen LogP contribution in [0.25, 0.3) is 0 Å².